The van der Waals surface area contributed by atoms with E-state index in [1.165, 1.54) is 0 Å². The van der Waals surface area contributed by atoms with Crippen LogP contribution in [0.15, 0.2) is 0 Å². The second-order valence-electron chi connectivity index (χ2n) is 5.30. The van der Waals surface area contributed by atoms with Crippen LogP contribution in [0.25, 0.3) is 0 Å². The molecule has 0 unspecified atom stereocenters. The summed E-state index contributed by atoms with van der Waals surface area (Å²) in [7, 11) is 2.13. The van der Waals surface area contributed by atoms with Gasteiger partial charge in [0.1, 0.15) is 0 Å². The van der Waals surface area contributed by atoms with Crippen molar-refractivity contribution in [3.05, 3.63) is 0 Å². The molecule has 98 valence electrons. The molecule has 0 aromatic carbocycles. The lowest BCUT2D eigenvalue weighted by molar-refractivity contribution is -0.133. The van der Waals surface area contributed by atoms with Crippen LogP contribution in [0.5, 0.6) is 0 Å². The highest BCUT2D eigenvalue weighted by atomic mass is 16.2. The van der Waals surface area contributed by atoms with Crippen molar-refractivity contribution in [3.8, 4) is 0 Å². The maximum atomic E-state index is 12.1. The Hall–Kier alpha value is -0.650. The van der Waals surface area contributed by atoms with Gasteiger partial charge in [0.25, 0.3) is 0 Å². The molecule has 2 heterocycles. The summed E-state index contributed by atoms with van der Waals surface area (Å²) in [6.07, 6.45) is 1.91. The number of carbonyl (C=O) groups excluding carboxylic acids is 1. The zero-order valence-electron chi connectivity index (χ0n) is 10.8. The van der Waals surface area contributed by atoms with E-state index in [0.29, 0.717) is 12.6 Å². The number of piperidine rings is 1. The van der Waals surface area contributed by atoms with Gasteiger partial charge in [-0.1, -0.05) is 0 Å². The van der Waals surface area contributed by atoms with Gasteiger partial charge in [-0.3, -0.25) is 9.69 Å². The van der Waals surface area contributed by atoms with Gasteiger partial charge in [0.2, 0.25) is 5.91 Å². The van der Waals surface area contributed by atoms with Crippen molar-refractivity contribution < 1.29 is 4.79 Å². The number of hydrogen-bond donors (Lipinski definition) is 1. The first-order chi connectivity index (χ1) is 8.15. The summed E-state index contributed by atoms with van der Waals surface area (Å²) < 4.78 is 0. The number of amides is 1. The Morgan fingerprint density at radius 2 is 1.71 bits per heavy atom. The summed E-state index contributed by atoms with van der Waals surface area (Å²) in [6.45, 7) is 6.42. The fourth-order valence-electron chi connectivity index (χ4n) is 2.45. The van der Waals surface area contributed by atoms with Crippen LogP contribution in [0.2, 0.25) is 0 Å². The molecule has 0 aliphatic carbocycles. The van der Waals surface area contributed by atoms with Crippen molar-refractivity contribution in [2.75, 3.05) is 52.9 Å². The molecular weight excluding hydrogens is 216 g/mol. The Kier molecular flexibility index (Phi) is 4.36. The van der Waals surface area contributed by atoms with Gasteiger partial charge in [-0.05, 0) is 19.9 Å². The lowest BCUT2D eigenvalue weighted by Crippen LogP contribution is -2.50. The molecule has 2 saturated heterocycles. The van der Waals surface area contributed by atoms with E-state index in [4.69, 9.17) is 5.73 Å². The van der Waals surface area contributed by atoms with Crippen LogP contribution >= 0.6 is 0 Å². The van der Waals surface area contributed by atoms with Crippen molar-refractivity contribution in [2.24, 2.45) is 5.73 Å². The Bertz CT molecular complexity index is 255. The van der Waals surface area contributed by atoms with Gasteiger partial charge in [0.05, 0.1) is 6.54 Å². The van der Waals surface area contributed by atoms with E-state index in [-0.39, 0.29) is 5.91 Å². The lowest BCUT2D eigenvalue weighted by Gasteiger charge is -2.35. The molecule has 2 N–H and O–H groups in total. The zero-order chi connectivity index (χ0) is 12.3. The van der Waals surface area contributed by atoms with Crippen LogP contribution in [-0.2, 0) is 4.79 Å². The molecule has 2 aliphatic heterocycles. The fraction of sp³-hybridized carbons (Fsp3) is 0.917. The van der Waals surface area contributed by atoms with Gasteiger partial charge < -0.3 is 15.5 Å². The number of rotatable bonds is 2. The predicted molar refractivity (Wildman–Crippen MR) is 67.7 cm³/mol. The van der Waals surface area contributed by atoms with E-state index in [2.05, 4.69) is 16.8 Å². The quantitative estimate of drug-likeness (QED) is 0.685. The van der Waals surface area contributed by atoms with Crippen LogP contribution in [0.4, 0.5) is 0 Å². The van der Waals surface area contributed by atoms with E-state index in [1.54, 1.807) is 0 Å². The number of nitrogens with two attached hydrogens (primary N) is 1. The second kappa shape index (κ2) is 5.80. The lowest BCUT2D eigenvalue weighted by atomic mass is 10.1. The molecule has 0 bridgehead atoms. The number of hydrogen-bond acceptors (Lipinski definition) is 4. The van der Waals surface area contributed by atoms with Crippen LogP contribution in [0.3, 0.4) is 0 Å². The molecule has 0 saturated carbocycles. The predicted octanol–water partition coefficient (Wildman–Crippen LogP) is -0.816. The molecule has 1 amide bonds. The van der Waals surface area contributed by atoms with Gasteiger partial charge in [-0.25, -0.2) is 0 Å². The summed E-state index contributed by atoms with van der Waals surface area (Å²) in [4.78, 5) is 18.6. The number of piperazine rings is 1. The Balaban J connectivity index is 1.73. The normalized spacial score (nSPS) is 25.2. The topological polar surface area (TPSA) is 52.8 Å². The fourth-order valence-corrected chi connectivity index (χ4v) is 2.45. The Labute approximate surface area is 104 Å². The molecule has 0 aromatic heterocycles. The number of likely N-dealkylation sites (tertiary alicyclic amines) is 1. The average molecular weight is 240 g/mol. The minimum Gasteiger partial charge on any atom is -0.341 e. The summed E-state index contributed by atoms with van der Waals surface area (Å²) in [5.74, 6) is 0.279. The zero-order valence-corrected chi connectivity index (χ0v) is 10.8. The van der Waals surface area contributed by atoms with Gasteiger partial charge >= 0.3 is 0 Å². The SMILES string of the molecule is CN1CCN(CC(=O)N2CCC(N)CC2)CC1. The Morgan fingerprint density at radius 3 is 2.29 bits per heavy atom. The monoisotopic (exact) mass is 240 g/mol. The maximum Gasteiger partial charge on any atom is 0.236 e. The highest BCUT2D eigenvalue weighted by Crippen LogP contribution is 2.09. The number of nitrogens with zero attached hydrogens (tertiary/aromatic N) is 3. The third kappa shape index (κ3) is 3.66. The minimum absolute atomic E-state index is 0.279. The number of likely N-dealkylation sites (N-methyl/N-ethyl adjacent to an activating group) is 1. The third-order valence-corrected chi connectivity index (χ3v) is 3.85. The standard InChI is InChI=1S/C12H24N4O/c1-14-6-8-15(9-7-14)10-12(17)16-4-2-11(13)3-5-16/h11H,2-10,13H2,1H3. The van der Waals surface area contributed by atoms with Crippen molar-refractivity contribution in [1.82, 2.24) is 14.7 Å². The van der Waals surface area contributed by atoms with Crippen molar-refractivity contribution in [2.45, 2.75) is 18.9 Å². The first kappa shape index (κ1) is 12.8. The van der Waals surface area contributed by atoms with E-state index < -0.39 is 0 Å². The second-order valence-corrected chi connectivity index (χ2v) is 5.30. The van der Waals surface area contributed by atoms with Crippen molar-refractivity contribution in [1.29, 1.82) is 0 Å². The van der Waals surface area contributed by atoms with E-state index in [1.807, 2.05) is 4.90 Å². The minimum atomic E-state index is 0.279. The molecule has 5 heteroatoms. The summed E-state index contributed by atoms with van der Waals surface area (Å²) in [5.41, 5.74) is 5.84. The maximum absolute atomic E-state index is 12.1. The van der Waals surface area contributed by atoms with Crippen LogP contribution < -0.4 is 5.73 Å². The summed E-state index contributed by atoms with van der Waals surface area (Å²) >= 11 is 0. The Morgan fingerprint density at radius 1 is 1.12 bits per heavy atom. The van der Waals surface area contributed by atoms with Crippen LogP contribution in [-0.4, -0.2) is 79.5 Å². The first-order valence-electron chi connectivity index (χ1n) is 6.59. The number of carbonyl (C=O) groups is 1. The first-order valence-corrected chi connectivity index (χ1v) is 6.59. The van der Waals surface area contributed by atoms with Crippen LogP contribution in [0.1, 0.15) is 12.8 Å². The smallest absolute Gasteiger partial charge is 0.236 e. The van der Waals surface area contributed by atoms with Crippen molar-refractivity contribution >= 4 is 5.91 Å². The van der Waals surface area contributed by atoms with Gasteiger partial charge in [0, 0.05) is 45.3 Å². The van der Waals surface area contributed by atoms with Gasteiger partial charge in [-0.15, -0.1) is 0 Å². The van der Waals surface area contributed by atoms with Crippen molar-refractivity contribution in [3.63, 3.8) is 0 Å². The molecule has 17 heavy (non-hydrogen) atoms. The highest BCUT2D eigenvalue weighted by Gasteiger charge is 2.23. The van der Waals surface area contributed by atoms with E-state index in [9.17, 15) is 4.79 Å². The molecule has 2 rings (SSSR count). The molecule has 5 nitrogen and oxygen atoms in total. The molecule has 0 radical (unpaired) electrons. The van der Waals surface area contributed by atoms with E-state index >= 15 is 0 Å². The molecule has 2 aliphatic rings. The largest absolute Gasteiger partial charge is 0.341 e. The molecular formula is C12H24N4O. The van der Waals surface area contributed by atoms with Gasteiger partial charge in [0.15, 0.2) is 0 Å². The van der Waals surface area contributed by atoms with Gasteiger partial charge in [-0.2, -0.15) is 0 Å². The highest BCUT2D eigenvalue weighted by molar-refractivity contribution is 5.78. The molecule has 0 aromatic rings. The molecule has 0 atom stereocenters. The van der Waals surface area contributed by atoms with E-state index in [0.717, 1.165) is 52.1 Å². The summed E-state index contributed by atoms with van der Waals surface area (Å²) in [5, 5.41) is 0. The summed E-state index contributed by atoms with van der Waals surface area (Å²) in [6, 6.07) is 0.294. The third-order valence-electron chi connectivity index (χ3n) is 3.85. The van der Waals surface area contributed by atoms with Crippen LogP contribution in [0, 0.1) is 0 Å². The average Bonchev–Trinajstić information content (AvgIpc) is 2.33. The molecule has 0 spiro atoms. The molecule has 2 fully saturated rings.